The fourth-order valence-electron chi connectivity index (χ4n) is 2.50. The number of carbonyl (C=O) groups excluding carboxylic acids is 1. The lowest BCUT2D eigenvalue weighted by molar-refractivity contribution is -0.124. The number of rotatable bonds is 5. The second-order valence-corrected chi connectivity index (χ2v) is 6.12. The predicted molar refractivity (Wildman–Crippen MR) is 71.6 cm³/mol. The minimum Gasteiger partial charge on any atom is -0.369 e. The molecule has 4 nitrogen and oxygen atoms in total. The fraction of sp³-hybridized carbons (Fsp3) is 0.857. The Hall–Kier alpha value is -1.08. The molecular formula is C14H25N3O. The van der Waals surface area contributed by atoms with Gasteiger partial charge in [0.1, 0.15) is 0 Å². The third-order valence-corrected chi connectivity index (χ3v) is 3.96. The van der Waals surface area contributed by atoms with E-state index in [0.29, 0.717) is 6.04 Å². The van der Waals surface area contributed by atoms with Crippen molar-refractivity contribution in [2.75, 3.05) is 13.1 Å². The molecule has 2 unspecified atom stereocenters. The number of nitriles is 1. The first-order chi connectivity index (χ1) is 8.35. The highest BCUT2D eigenvalue weighted by Gasteiger charge is 2.28. The van der Waals surface area contributed by atoms with Crippen LogP contribution in [-0.2, 0) is 4.79 Å². The van der Waals surface area contributed by atoms with Gasteiger partial charge in [0.15, 0.2) is 0 Å². The van der Waals surface area contributed by atoms with Gasteiger partial charge in [-0.2, -0.15) is 5.26 Å². The monoisotopic (exact) mass is 251 g/mol. The summed E-state index contributed by atoms with van der Waals surface area (Å²) >= 11 is 0. The van der Waals surface area contributed by atoms with Crippen LogP contribution in [0.15, 0.2) is 0 Å². The third-order valence-electron chi connectivity index (χ3n) is 3.96. The van der Waals surface area contributed by atoms with E-state index in [0.717, 1.165) is 38.8 Å². The zero-order valence-electron chi connectivity index (χ0n) is 11.8. The summed E-state index contributed by atoms with van der Waals surface area (Å²) in [5.74, 6) is -0.172. The van der Waals surface area contributed by atoms with Crippen LogP contribution in [0, 0.1) is 22.7 Å². The van der Waals surface area contributed by atoms with Crippen LogP contribution < -0.4 is 5.73 Å². The van der Waals surface area contributed by atoms with E-state index < -0.39 is 0 Å². The summed E-state index contributed by atoms with van der Waals surface area (Å²) in [4.78, 5) is 13.6. The SMILES string of the molecule is CC1CCC(C(N)=O)CN1CCCC(C)(C)C#N. The van der Waals surface area contributed by atoms with Crippen LogP contribution >= 0.6 is 0 Å². The van der Waals surface area contributed by atoms with E-state index in [1.807, 2.05) is 13.8 Å². The van der Waals surface area contributed by atoms with Gasteiger partial charge in [0.2, 0.25) is 5.91 Å². The van der Waals surface area contributed by atoms with Crippen molar-refractivity contribution in [3.05, 3.63) is 0 Å². The van der Waals surface area contributed by atoms with Crippen LogP contribution in [-0.4, -0.2) is 29.9 Å². The summed E-state index contributed by atoms with van der Waals surface area (Å²) in [7, 11) is 0. The Kier molecular flexibility index (Phi) is 5.15. The molecule has 0 saturated carbocycles. The van der Waals surface area contributed by atoms with Gasteiger partial charge in [-0.1, -0.05) is 0 Å². The van der Waals surface area contributed by atoms with Gasteiger partial charge in [-0.05, 0) is 53.0 Å². The maximum absolute atomic E-state index is 11.2. The number of amides is 1. The van der Waals surface area contributed by atoms with E-state index in [1.54, 1.807) is 0 Å². The molecule has 2 N–H and O–H groups in total. The van der Waals surface area contributed by atoms with Crippen molar-refractivity contribution in [3.63, 3.8) is 0 Å². The zero-order chi connectivity index (χ0) is 13.8. The lowest BCUT2D eigenvalue weighted by atomic mass is 9.88. The van der Waals surface area contributed by atoms with Crippen LogP contribution in [0.1, 0.15) is 46.5 Å². The molecule has 102 valence electrons. The standard InChI is InChI=1S/C14H25N3O/c1-11-5-6-12(13(16)18)9-17(11)8-4-7-14(2,3)10-15/h11-12H,4-9H2,1-3H3,(H2,16,18). The Bertz CT molecular complexity index is 332. The van der Waals surface area contributed by atoms with Gasteiger partial charge in [0.25, 0.3) is 0 Å². The van der Waals surface area contributed by atoms with E-state index >= 15 is 0 Å². The van der Waals surface area contributed by atoms with E-state index in [1.165, 1.54) is 0 Å². The Morgan fingerprint density at radius 3 is 2.72 bits per heavy atom. The number of carbonyl (C=O) groups is 1. The lowest BCUT2D eigenvalue weighted by Gasteiger charge is -2.37. The summed E-state index contributed by atoms with van der Waals surface area (Å²) in [6.07, 6.45) is 3.84. The van der Waals surface area contributed by atoms with Crippen molar-refractivity contribution < 1.29 is 4.79 Å². The Balaban J connectivity index is 2.40. The molecule has 18 heavy (non-hydrogen) atoms. The molecule has 1 rings (SSSR count). The average Bonchev–Trinajstić information content (AvgIpc) is 2.31. The minimum absolute atomic E-state index is 0.00479. The molecule has 2 atom stereocenters. The average molecular weight is 251 g/mol. The summed E-state index contributed by atoms with van der Waals surface area (Å²) in [5.41, 5.74) is 5.14. The molecule has 1 amide bonds. The van der Waals surface area contributed by atoms with Crippen molar-refractivity contribution >= 4 is 5.91 Å². The normalized spacial score (nSPS) is 25.7. The van der Waals surface area contributed by atoms with E-state index in [2.05, 4.69) is 17.9 Å². The predicted octanol–water partition coefficient (Wildman–Crippen LogP) is 1.90. The van der Waals surface area contributed by atoms with Crippen molar-refractivity contribution in [2.45, 2.75) is 52.5 Å². The molecule has 0 bridgehead atoms. The highest BCUT2D eigenvalue weighted by atomic mass is 16.1. The number of nitrogens with two attached hydrogens (primary N) is 1. The second kappa shape index (κ2) is 6.19. The van der Waals surface area contributed by atoms with Crippen LogP contribution in [0.25, 0.3) is 0 Å². The maximum Gasteiger partial charge on any atom is 0.221 e. The van der Waals surface area contributed by atoms with Gasteiger partial charge in [0, 0.05) is 12.6 Å². The van der Waals surface area contributed by atoms with Crippen molar-refractivity contribution in [1.82, 2.24) is 4.90 Å². The Labute approximate surface area is 110 Å². The molecule has 0 spiro atoms. The van der Waals surface area contributed by atoms with E-state index in [-0.39, 0.29) is 17.2 Å². The molecule has 0 aliphatic carbocycles. The molecule has 1 fully saturated rings. The van der Waals surface area contributed by atoms with Gasteiger partial charge < -0.3 is 5.73 Å². The molecule has 0 aromatic heterocycles. The van der Waals surface area contributed by atoms with Gasteiger partial charge in [-0.15, -0.1) is 0 Å². The summed E-state index contributed by atoms with van der Waals surface area (Å²) in [5, 5.41) is 8.97. The largest absolute Gasteiger partial charge is 0.369 e. The molecule has 0 aromatic rings. The van der Waals surface area contributed by atoms with Gasteiger partial charge >= 0.3 is 0 Å². The highest BCUT2D eigenvalue weighted by molar-refractivity contribution is 5.76. The van der Waals surface area contributed by atoms with E-state index in [9.17, 15) is 4.79 Å². The van der Waals surface area contributed by atoms with Gasteiger partial charge in [-0.3, -0.25) is 9.69 Å². The first kappa shape index (κ1) is 15.0. The smallest absolute Gasteiger partial charge is 0.221 e. The molecule has 1 saturated heterocycles. The molecule has 1 aliphatic heterocycles. The van der Waals surface area contributed by atoms with Crippen LogP contribution in [0.5, 0.6) is 0 Å². The van der Waals surface area contributed by atoms with Crippen LogP contribution in [0.4, 0.5) is 0 Å². The summed E-state index contributed by atoms with van der Waals surface area (Å²) < 4.78 is 0. The Morgan fingerprint density at radius 2 is 2.17 bits per heavy atom. The van der Waals surface area contributed by atoms with Gasteiger partial charge in [-0.25, -0.2) is 0 Å². The van der Waals surface area contributed by atoms with Gasteiger partial charge in [0.05, 0.1) is 17.4 Å². The first-order valence-corrected chi connectivity index (χ1v) is 6.80. The lowest BCUT2D eigenvalue weighted by Crippen LogP contribution is -2.46. The summed E-state index contributed by atoms with van der Waals surface area (Å²) in [6.45, 7) is 7.88. The molecule has 1 aliphatic rings. The highest BCUT2D eigenvalue weighted by Crippen LogP contribution is 2.24. The summed E-state index contributed by atoms with van der Waals surface area (Å²) in [6, 6.07) is 2.84. The first-order valence-electron chi connectivity index (χ1n) is 6.80. The number of nitrogens with zero attached hydrogens (tertiary/aromatic N) is 2. The number of hydrogen-bond acceptors (Lipinski definition) is 3. The second-order valence-electron chi connectivity index (χ2n) is 6.12. The molecule has 1 heterocycles. The molecule has 0 aromatic carbocycles. The minimum atomic E-state index is -0.248. The molecular weight excluding hydrogens is 226 g/mol. The van der Waals surface area contributed by atoms with Crippen molar-refractivity contribution in [1.29, 1.82) is 5.26 Å². The fourth-order valence-corrected chi connectivity index (χ4v) is 2.50. The van der Waals surface area contributed by atoms with Crippen molar-refractivity contribution in [2.24, 2.45) is 17.1 Å². The topological polar surface area (TPSA) is 70.1 Å². The quantitative estimate of drug-likeness (QED) is 0.811. The van der Waals surface area contributed by atoms with Crippen molar-refractivity contribution in [3.8, 4) is 6.07 Å². The van der Waals surface area contributed by atoms with Crippen LogP contribution in [0.3, 0.4) is 0 Å². The van der Waals surface area contributed by atoms with Crippen LogP contribution in [0.2, 0.25) is 0 Å². The maximum atomic E-state index is 11.2. The number of hydrogen-bond donors (Lipinski definition) is 1. The third kappa shape index (κ3) is 4.30. The van der Waals surface area contributed by atoms with E-state index in [4.69, 9.17) is 11.0 Å². The number of piperidine rings is 1. The molecule has 4 heteroatoms. The molecule has 0 radical (unpaired) electrons. The number of likely N-dealkylation sites (tertiary alicyclic amines) is 1. The Morgan fingerprint density at radius 1 is 1.50 bits per heavy atom. The zero-order valence-corrected chi connectivity index (χ0v) is 11.8. The number of primary amides is 1.